The molecule has 0 aliphatic rings. The quantitative estimate of drug-likeness (QED) is 0.0300. The molecule has 0 fully saturated rings. The maximum atomic E-state index is 8.62. The average molecular weight is 828 g/mol. The smallest absolute Gasteiger partial charge is 0.292 e. The molecule has 2 heterocycles. The molecule has 0 spiro atoms. The molecular weight excluding hydrogens is 763 g/mol. The van der Waals surface area contributed by atoms with E-state index < -0.39 is 0 Å². The number of rotatable bonds is 34. The van der Waals surface area contributed by atoms with Crippen LogP contribution in [0.5, 0.6) is 0 Å². The zero-order valence-electron chi connectivity index (χ0n) is 34.9. The first kappa shape index (κ1) is 47.5. The highest BCUT2D eigenvalue weighted by Crippen LogP contribution is 2.31. The van der Waals surface area contributed by atoms with Crippen LogP contribution in [0.1, 0.15) is 48.4 Å². The third kappa shape index (κ3) is 17.1. The molecule has 0 saturated carbocycles. The van der Waals surface area contributed by atoms with Gasteiger partial charge in [-0.05, 0) is 60.6 Å². The van der Waals surface area contributed by atoms with E-state index in [1.165, 1.54) is 11.1 Å². The van der Waals surface area contributed by atoms with E-state index in [0.717, 1.165) is 43.2 Å². The zero-order valence-corrected chi connectivity index (χ0v) is 34.9. The van der Waals surface area contributed by atoms with Crippen LogP contribution in [-0.2, 0) is 57.3 Å². The van der Waals surface area contributed by atoms with E-state index in [4.69, 9.17) is 69.7 Å². The predicted molar refractivity (Wildman–Crippen MR) is 227 cm³/mol. The lowest BCUT2D eigenvalue weighted by atomic mass is 9.96. The first-order valence-electron chi connectivity index (χ1n) is 20.5. The number of aliphatic hydroxyl groups is 1. The number of nitrogens with two attached hydrogens (primary N) is 3. The number of amidine groups is 1. The third-order valence-electron chi connectivity index (χ3n) is 9.11. The minimum Gasteiger partial charge on any atom is -0.424 e. The summed E-state index contributed by atoms with van der Waals surface area (Å²) in [6.07, 6.45) is 5.00. The lowest BCUT2D eigenvalue weighted by molar-refractivity contribution is -0.0238. The fourth-order valence-electron chi connectivity index (χ4n) is 6.18. The van der Waals surface area contributed by atoms with E-state index in [1.807, 2.05) is 18.2 Å². The summed E-state index contributed by atoms with van der Waals surface area (Å²) in [6.45, 7) is 10.7. The fourth-order valence-corrected chi connectivity index (χ4v) is 6.18. The van der Waals surface area contributed by atoms with Gasteiger partial charge in [-0.3, -0.25) is 4.99 Å². The van der Waals surface area contributed by atoms with Crippen LogP contribution in [0.3, 0.4) is 0 Å². The summed E-state index contributed by atoms with van der Waals surface area (Å²) in [7, 11) is 1.63. The second-order valence-electron chi connectivity index (χ2n) is 13.5. The molecule has 59 heavy (non-hydrogen) atoms. The summed E-state index contributed by atoms with van der Waals surface area (Å²) in [4.78, 5) is 8.48. The monoisotopic (exact) mass is 827 g/mol. The van der Waals surface area contributed by atoms with Gasteiger partial charge < -0.3 is 64.6 Å². The SMILES string of the molecule is CCCc1ccc(Cn2nc(-c3ccc4oc(N)nc4c3)c(C(N)=NC)c2N)cc1CCCCOCCOCCOCCOCCOCCOCCOCCOCCO. The van der Waals surface area contributed by atoms with Crippen LogP contribution in [-0.4, -0.2) is 145 Å². The molecule has 0 radical (unpaired) electrons. The van der Waals surface area contributed by atoms with Gasteiger partial charge in [0.05, 0.1) is 118 Å². The van der Waals surface area contributed by atoms with Crippen molar-refractivity contribution >= 4 is 28.8 Å². The summed E-state index contributed by atoms with van der Waals surface area (Å²) in [5.41, 5.74) is 25.8. The number of aliphatic hydroxyl groups excluding tert-OH is 1. The number of aryl methyl sites for hydroxylation is 2. The third-order valence-corrected chi connectivity index (χ3v) is 9.11. The summed E-state index contributed by atoms with van der Waals surface area (Å²) in [5, 5.41) is 13.5. The topological polar surface area (TPSA) is 228 Å². The Morgan fingerprint density at radius 1 is 0.695 bits per heavy atom. The number of hydrogen-bond donors (Lipinski definition) is 4. The van der Waals surface area contributed by atoms with Gasteiger partial charge in [0.2, 0.25) is 0 Å². The van der Waals surface area contributed by atoms with Crippen LogP contribution in [0.25, 0.3) is 22.4 Å². The van der Waals surface area contributed by atoms with Crippen molar-refractivity contribution in [3.05, 3.63) is 58.7 Å². The lowest BCUT2D eigenvalue weighted by Crippen LogP contribution is -2.16. The maximum absolute atomic E-state index is 8.62. The molecule has 17 nitrogen and oxygen atoms in total. The zero-order chi connectivity index (χ0) is 41.9. The van der Waals surface area contributed by atoms with Gasteiger partial charge in [0.1, 0.15) is 22.9 Å². The number of aromatic nitrogens is 3. The Bertz CT molecular complexity index is 1780. The predicted octanol–water partition coefficient (Wildman–Crippen LogP) is 3.64. The second kappa shape index (κ2) is 28.3. The molecule has 0 aliphatic carbocycles. The molecule has 7 N–H and O–H groups in total. The van der Waals surface area contributed by atoms with Gasteiger partial charge in [-0.25, -0.2) is 4.68 Å². The number of anilines is 2. The van der Waals surface area contributed by atoms with Crippen molar-refractivity contribution < 1.29 is 47.4 Å². The molecule has 0 aliphatic heterocycles. The van der Waals surface area contributed by atoms with Crippen molar-refractivity contribution in [3.8, 4) is 11.3 Å². The second-order valence-corrected chi connectivity index (χ2v) is 13.5. The number of nitrogens with zero attached hydrogens (tertiary/aromatic N) is 4. The van der Waals surface area contributed by atoms with E-state index in [0.29, 0.717) is 146 Å². The van der Waals surface area contributed by atoms with E-state index >= 15 is 0 Å². The molecule has 0 bridgehead atoms. The summed E-state index contributed by atoms with van der Waals surface area (Å²) in [6, 6.07) is 12.3. The number of oxazole rings is 1. The summed E-state index contributed by atoms with van der Waals surface area (Å²) in [5.74, 6) is 0.744. The number of nitrogen functional groups attached to an aromatic ring is 2. The van der Waals surface area contributed by atoms with Crippen molar-refractivity contribution in [1.82, 2.24) is 14.8 Å². The molecule has 0 atom stereocenters. The molecule has 2 aromatic carbocycles. The lowest BCUT2D eigenvalue weighted by Gasteiger charge is -2.13. The van der Waals surface area contributed by atoms with Gasteiger partial charge in [0.25, 0.3) is 6.01 Å². The Balaban J connectivity index is 1.05. The highest BCUT2D eigenvalue weighted by Gasteiger charge is 2.21. The number of fused-ring (bicyclic) bond motifs is 1. The molecule has 2 aromatic heterocycles. The van der Waals surface area contributed by atoms with Crippen LogP contribution in [0.4, 0.5) is 11.8 Å². The van der Waals surface area contributed by atoms with Crippen LogP contribution in [0.15, 0.2) is 45.8 Å². The number of benzene rings is 2. The molecule has 17 heteroatoms. The molecule has 328 valence electrons. The van der Waals surface area contributed by atoms with Gasteiger partial charge >= 0.3 is 0 Å². The van der Waals surface area contributed by atoms with Crippen LogP contribution in [0.2, 0.25) is 0 Å². The number of ether oxygens (including phenoxy) is 8. The standard InChI is InChI=1S/C42H65N7O10/c1-3-6-33-9-8-32(31-49-41(44)38(40(43)46-2)39(48-49)35-10-11-37-36(30-35)47-42(45)59-37)29-34(33)7-4-5-13-51-15-17-53-19-21-55-23-25-57-27-28-58-26-24-56-22-20-54-18-16-52-14-12-50/h8-11,29-30,50H,3-7,12-28,31,44H2,1-2H3,(H2,43,46)(H2,45,47). The van der Waals surface area contributed by atoms with E-state index in [9.17, 15) is 0 Å². The van der Waals surface area contributed by atoms with Gasteiger partial charge in [-0.1, -0.05) is 31.5 Å². The van der Waals surface area contributed by atoms with Crippen molar-refractivity contribution in [1.29, 1.82) is 0 Å². The Morgan fingerprint density at radius 3 is 1.80 bits per heavy atom. The Kier molecular flexibility index (Phi) is 22.8. The molecule has 4 aromatic rings. The number of hydrogen-bond acceptors (Lipinski definition) is 15. The number of aliphatic imine (C=N–C) groups is 1. The number of unbranched alkanes of at least 4 members (excludes halogenated alkanes) is 1. The van der Waals surface area contributed by atoms with Crippen LogP contribution in [0, 0.1) is 0 Å². The van der Waals surface area contributed by atoms with Crippen molar-refractivity contribution in [2.24, 2.45) is 10.7 Å². The Hall–Kier alpha value is -4.17. The van der Waals surface area contributed by atoms with Gasteiger partial charge in [-0.15, -0.1) is 0 Å². The molecule has 0 saturated heterocycles. The summed E-state index contributed by atoms with van der Waals surface area (Å²) < 4.78 is 51.2. The Labute approximate surface area is 347 Å². The van der Waals surface area contributed by atoms with Gasteiger partial charge in [-0.2, -0.15) is 10.1 Å². The summed E-state index contributed by atoms with van der Waals surface area (Å²) >= 11 is 0. The largest absolute Gasteiger partial charge is 0.424 e. The maximum Gasteiger partial charge on any atom is 0.292 e. The minimum atomic E-state index is 0.0201. The Morgan fingerprint density at radius 2 is 1.25 bits per heavy atom. The minimum absolute atomic E-state index is 0.0201. The van der Waals surface area contributed by atoms with Crippen LogP contribution < -0.4 is 17.2 Å². The van der Waals surface area contributed by atoms with E-state index in [-0.39, 0.29) is 12.6 Å². The van der Waals surface area contributed by atoms with E-state index in [2.05, 4.69) is 35.1 Å². The van der Waals surface area contributed by atoms with Gasteiger partial charge in [0.15, 0.2) is 5.58 Å². The normalized spacial score (nSPS) is 12.0. The van der Waals surface area contributed by atoms with Crippen molar-refractivity contribution in [3.63, 3.8) is 0 Å². The first-order chi connectivity index (χ1) is 28.9. The van der Waals surface area contributed by atoms with Gasteiger partial charge in [0, 0.05) is 19.2 Å². The van der Waals surface area contributed by atoms with E-state index in [1.54, 1.807) is 11.7 Å². The van der Waals surface area contributed by atoms with Crippen molar-refractivity contribution in [2.75, 3.05) is 131 Å². The van der Waals surface area contributed by atoms with Crippen LogP contribution >= 0.6 is 0 Å². The van der Waals surface area contributed by atoms with Crippen molar-refractivity contribution in [2.45, 2.75) is 45.6 Å². The molecular formula is C42H65N7O10. The highest BCUT2D eigenvalue weighted by atomic mass is 16.6. The molecule has 0 unspecified atom stereocenters. The molecule has 0 amide bonds. The fraction of sp³-hybridized carbons (Fsp3) is 0.595. The average Bonchev–Trinajstić information content (AvgIpc) is 3.78. The highest BCUT2D eigenvalue weighted by molar-refractivity contribution is 6.07. The molecule has 4 rings (SSSR count). The first-order valence-corrected chi connectivity index (χ1v) is 20.5.